The first-order valence-corrected chi connectivity index (χ1v) is 4.51. The fourth-order valence-electron chi connectivity index (χ4n) is 0.613. The molecule has 1 atom stereocenters. The molecule has 0 bridgehead atoms. The molecule has 0 amide bonds. The van der Waals surface area contributed by atoms with Gasteiger partial charge in [-0.3, -0.25) is 0 Å². The Bertz CT molecular complexity index is 213. The molecule has 1 aromatic heterocycles. The van der Waals surface area contributed by atoms with Crippen molar-refractivity contribution in [2.75, 3.05) is 6.61 Å². The van der Waals surface area contributed by atoms with Gasteiger partial charge in [0.1, 0.15) is 0 Å². The lowest BCUT2D eigenvalue weighted by Gasteiger charge is -2.02. The molecule has 1 aromatic rings. The van der Waals surface area contributed by atoms with Gasteiger partial charge in [-0.1, -0.05) is 0 Å². The number of thiophene rings is 1. The fraction of sp³-hybridized carbons (Fsp3) is 0.333. The summed E-state index contributed by atoms with van der Waals surface area (Å²) in [5, 5.41) is 10.6. The van der Waals surface area contributed by atoms with Crippen LogP contribution in [0.4, 0.5) is 0 Å². The Morgan fingerprint density at radius 3 is 2.90 bits per heavy atom. The first kappa shape index (κ1) is 8.20. The first-order valence-electron chi connectivity index (χ1n) is 2.84. The van der Waals surface area contributed by atoms with E-state index in [1.165, 1.54) is 0 Å². The summed E-state index contributed by atoms with van der Waals surface area (Å²) in [6.45, 7) is 0.00690. The van der Waals surface area contributed by atoms with Gasteiger partial charge in [0.25, 0.3) is 0 Å². The molecule has 3 N–H and O–H groups in total. The van der Waals surface area contributed by atoms with Gasteiger partial charge >= 0.3 is 0 Å². The molecule has 0 spiro atoms. The molecule has 4 heteroatoms. The molecule has 0 fully saturated rings. The average molecular weight is 222 g/mol. The summed E-state index contributed by atoms with van der Waals surface area (Å²) in [5.74, 6) is 0. The van der Waals surface area contributed by atoms with Crippen molar-refractivity contribution >= 4 is 27.3 Å². The van der Waals surface area contributed by atoms with Gasteiger partial charge in [0.05, 0.1) is 12.6 Å². The number of rotatable bonds is 2. The zero-order valence-electron chi connectivity index (χ0n) is 5.25. The van der Waals surface area contributed by atoms with E-state index < -0.39 is 0 Å². The molecule has 10 heavy (non-hydrogen) atoms. The molecule has 0 saturated heterocycles. The van der Waals surface area contributed by atoms with E-state index in [-0.39, 0.29) is 12.6 Å². The predicted octanol–water partition coefficient (Wildman–Crippen LogP) is 1.50. The number of aliphatic hydroxyl groups excluding tert-OH is 1. The monoisotopic (exact) mass is 221 g/mol. The minimum absolute atomic E-state index is 0.00690. The van der Waals surface area contributed by atoms with Crippen LogP contribution in [0.25, 0.3) is 0 Å². The van der Waals surface area contributed by atoms with Gasteiger partial charge in [0.15, 0.2) is 0 Å². The maximum Gasteiger partial charge on any atom is 0.0632 e. The molecule has 0 unspecified atom stereocenters. The van der Waals surface area contributed by atoms with Gasteiger partial charge in [-0.15, -0.1) is 11.3 Å². The highest BCUT2D eigenvalue weighted by atomic mass is 79.9. The predicted molar refractivity (Wildman–Crippen MR) is 46.0 cm³/mol. The maximum absolute atomic E-state index is 8.66. The molecule has 1 heterocycles. The molecule has 0 radical (unpaired) electrons. The summed E-state index contributed by atoms with van der Waals surface area (Å²) in [5.41, 5.74) is 5.55. The first-order chi connectivity index (χ1) is 4.74. The van der Waals surface area contributed by atoms with Crippen molar-refractivity contribution in [1.29, 1.82) is 0 Å². The molecule has 0 aliphatic carbocycles. The topological polar surface area (TPSA) is 46.2 Å². The van der Waals surface area contributed by atoms with E-state index in [9.17, 15) is 0 Å². The summed E-state index contributed by atoms with van der Waals surface area (Å²) in [6, 6.07) is 1.70. The van der Waals surface area contributed by atoms with Gasteiger partial charge in [-0.2, -0.15) is 0 Å². The standard InChI is InChI=1S/C6H8BrNOS/c7-4-1-6(10-3-4)5(8)2-9/h1,3,5,9H,2,8H2/t5-/m0/s1. The van der Waals surface area contributed by atoms with E-state index >= 15 is 0 Å². The second-order valence-electron chi connectivity index (χ2n) is 1.96. The van der Waals surface area contributed by atoms with E-state index in [1.807, 2.05) is 11.4 Å². The third-order valence-electron chi connectivity index (χ3n) is 1.15. The van der Waals surface area contributed by atoms with Gasteiger partial charge in [0, 0.05) is 14.7 Å². The Morgan fingerprint density at radius 2 is 2.50 bits per heavy atom. The Balaban J connectivity index is 2.74. The van der Waals surface area contributed by atoms with Crippen LogP contribution in [0.1, 0.15) is 10.9 Å². The lowest BCUT2D eigenvalue weighted by Crippen LogP contribution is -2.12. The highest BCUT2D eigenvalue weighted by Crippen LogP contribution is 2.23. The molecule has 56 valence electrons. The van der Waals surface area contributed by atoms with Gasteiger partial charge < -0.3 is 10.8 Å². The van der Waals surface area contributed by atoms with Crippen molar-refractivity contribution in [2.45, 2.75) is 6.04 Å². The van der Waals surface area contributed by atoms with Crippen LogP contribution in [0.2, 0.25) is 0 Å². The number of hydrogen-bond acceptors (Lipinski definition) is 3. The van der Waals surface area contributed by atoms with E-state index in [4.69, 9.17) is 10.8 Å². The lowest BCUT2D eigenvalue weighted by molar-refractivity contribution is 0.269. The van der Waals surface area contributed by atoms with E-state index in [0.29, 0.717) is 0 Å². The summed E-state index contributed by atoms with van der Waals surface area (Å²) < 4.78 is 1.02. The quantitative estimate of drug-likeness (QED) is 0.796. The SMILES string of the molecule is N[C@@H](CO)c1cc(Br)cs1. The largest absolute Gasteiger partial charge is 0.394 e. The van der Waals surface area contributed by atoms with Crippen LogP contribution in [0, 0.1) is 0 Å². The zero-order chi connectivity index (χ0) is 7.56. The molecule has 1 rings (SSSR count). The van der Waals surface area contributed by atoms with Crippen LogP contribution in [0.5, 0.6) is 0 Å². The Hall–Kier alpha value is 0.1000. The van der Waals surface area contributed by atoms with Crippen molar-refractivity contribution in [3.05, 3.63) is 20.8 Å². The van der Waals surface area contributed by atoms with Gasteiger partial charge in [-0.05, 0) is 22.0 Å². The molecular weight excluding hydrogens is 214 g/mol. The normalized spacial score (nSPS) is 13.5. The third kappa shape index (κ3) is 1.79. The Kier molecular flexibility index (Phi) is 2.85. The van der Waals surface area contributed by atoms with Crippen molar-refractivity contribution in [1.82, 2.24) is 0 Å². The van der Waals surface area contributed by atoms with Crippen LogP contribution in [0.15, 0.2) is 15.9 Å². The zero-order valence-corrected chi connectivity index (χ0v) is 7.65. The molecule has 0 aliphatic heterocycles. The second kappa shape index (κ2) is 3.48. The highest BCUT2D eigenvalue weighted by molar-refractivity contribution is 9.10. The number of hydrogen-bond donors (Lipinski definition) is 2. The van der Waals surface area contributed by atoms with Crippen molar-refractivity contribution in [2.24, 2.45) is 5.73 Å². The summed E-state index contributed by atoms with van der Waals surface area (Å²) in [4.78, 5) is 1.01. The molecule has 0 saturated carbocycles. The molecule has 0 aliphatic rings. The van der Waals surface area contributed by atoms with E-state index in [0.717, 1.165) is 9.35 Å². The molecule has 0 aromatic carbocycles. The minimum atomic E-state index is -0.226. The van der Waals surface area contributed by atoms with Crippen LogP contribution in [-0.4, -0.2) is 11.7 Å². The van der Waals surface area contributed by atoms with Crippen LogP contribution >= 0.6 is 27.3 Å². The molecule has 2 nitrogen and oxygen atoms in total. The van der Waals surface area contributed by atoms with Crippen LogP contribution in [0.3, 0.4) is 0 Å². The summed E-state index contributed by atoms with van der Waals surface area (Å²) >= 11 is 4.85. The number of halogens is 1. The van der Waals surface area contributed by atoms with E-state index in [1.54, 1.807) is 11.3 Å². The average Bonchev–Trinajstić information content (AvgIpc) is 2.34. The smallest absolute Gasteiger partial charge is 0.0632 e. The van der Waals surface area contributed by atoms with Crippen LogP contribution < -0.4 is 5.73 Å². The van der Waals surface area contributed by atoms with Gasteiger partial charge in [-0.25, -0.2) is 0 Å². The number of aliphatic hydroxyl groups is 1. The van der Waals surface area contributed by atoms with E-state index in [2.05, 4.69) is 15.9 Å². The second-order valence-corrected chi connectivity index (χ2v) is 3.81. The van der Waals surface area contributed by atoms with Crippen molar-refractivity contribution in [3.63, 3.8) is 0 Å². The summed E-state index contributed by atoms with van der Waals surface area (Å²) in [7, 11) is 0. The van der Waals surface area contributed by atoms with Crippen molar-refractivity contribution < 1.29 is 5.11 Å². The minimum Gasteiger partial charge on any atom is -0.394 e. The summed E-state index contributed by atoms with van der Waals surface area (Å²) in [6.07, 6.45) is 0. The Morgan fingerprint density at radius 1 is 1.80 bits per heavy atom. The number of nitrogens with two attached hydrogens (primary N) is 1. The van der Waals surface area contributed by atoms with Crippen LogP contribution in [-0.2, 0) is 0 Å². The fourth-order valence-corrected chi connectivity index (χ4v) is 2.05. The molecular formula is C6H8BrNOS. The lowest BCUT2D eigenvalue weighted by atomic mass is 10.3. The maximum atomic E-state index is 8.66. The van der Waals surface area contributed by atoms with Gasteiger partial charge in [0.2, 0.25) is 0 Å². The highest BCUT2D eigenvalue weighted by Gasteiger charge is 2.05. The third-order valence-corrected chi connectivity index (χ3v) is 2.98. The Labute approximate surface area is 71.8 Å². The van der Waals surface area contributed by atoms with Crippen molar-refractivity contribution in [3.8, 4) is 0 Å².